The number of benzene rings is 1. The van der Waals surface area contributed by atoms with Crippen LogP contribution in [0.25, 0.3) is 17.0 Å². The molecule has 1 fully saturated rings. The van der Waals surface area contributed by atoms with Gasteiger partial charge in [0.15, 0.2) is 0 Å². The highest BCUT2D eigenvalue weighted by atomic mass is 16.6. The van der Waals surface area contributed by atoms with E-state index in [0.717, 1.165) is 28.4 Å². The zero-order valence-electron chi connectivity index (χ0n) is 11.6. The molecule has 0 amide bonds. The van der Waals surface area contributed by atoms with Gasteiger partial charge >= 0.3 is 0 Å². The number of nitrogens with one attached hydrogen (secondary N) is 1. The molecule has 0 atom stereocenters. The largest absolute Gasteiger partial charge is 0.358 e. The Morgan fingerprint density at radius 2 is 2.10 bits per heavy atom. The van der Waals surface area contributed by atoms with Crippen LogP contribution >= 0.6 is 0 Å². The van der Waals surface area contributed by atoms with Crippen molar-refractivity contribution in [3.8, 4) is 0 Å². The van der Waals surface area contributed by atoms with Gasteiger partial charge in [0.1, 0.15) is 0 Å². The van der Waals surface area contributed by atoms with E-state index in [1.165, 1.54) is 31.2 Å². The molecular formula is C16H18N2O2. The SMILES string of the molecule is Cc1[nH]c2cccc(C3CCCC3)c2c1C=C[N+](=O)[O-]. The summed E-state index contributed by atoms with van der Waals surface area (Å²) < 4.78 is 0. The van der Waals surface area contributed by atoms with Crippen LogP contribution in [0.3, 0.4) is 0 Å². The summed E-state index contributed by atoms with van der Waals surface area (Å²) in [5.74, 6) is 0.594. The Labute approximate surface area is 117 Å². The molecule has 0 bridgehead atoms. The van der Waals surface area contributed by atoms with Crippen LogP contribution < -0.4 is 0 Å². The van der Waals surface area contributed by atoms with E-state index in [1.807, 2.05) is 13.0 Å². The number of hydrogen-bond acceptors (Lipinski definition) is 2. The number of nitrogens with zero attached hydrogens (tertiary/aromatic N) is 1. The number of aromatic nitrogens is 1. The van der Waals surface area contributed by atoms with Crippen LogP contribution in [-0.2, 0) is 0 Å². The predicted molar refractivity (Wildman–Crippen MR) is 80.3 cm³/mol. The van der Waals surface area contributed by atoms with Gasteiger partial charge in [0.25, 0.3) is 0 Å². The summed E-state index contributed by atoms with van der Waals surface area (Å²) in [6, 6.07) is 6.30. The molecule has 4 heteroatoms. The van der Waals surface area contributed by atoms with Crippen molar-refractivity contribution >= 4 is 17.0 Å². The van der Waals surface area contributed by atoms with Gasteiger partial charge in [-0.1, -0.05) is 25.0 Å². The standard InChI is InChI=1S/C16H18N2O2/c1-11-13(9-10-18(19)20)16-14(12-5-2-3-6-12)7-4-8-15(16)17-11/h4,7-10,12,17H,2-3,5-6H2,1H3. The highest BCUT2D eigenvalue weighted by Gasteiger charge is 2.21. The van der Waals surface area contributed by atoms with Gasteiger partial charge in [-0.25, -0.2) is 0 Å². The monoisotopic (exact) mass is 270 g/mol. The number of aromatic amines is 1. The van der Waals surface area contributed by atoms with E-state index in [9.17, 15) is 10.1 Å². The van der Waals surface area contributed by atoms with Crippen LogP contribution in [0.1, 0.15) is 48.4 Å². The lowest BCUT2D eigenvalue weighted by Gasteiger charge is -2.11. The van der Waals surface area contributed by atoms with Crippen LogP contribution in [0.5, 0.6) is 0 Å². The average Bonchev–Trinajstić information content (AvgIpc) is 3.02. The molecule has 1 aliphatic rings. The Morgan fingerprint density at radius 1 is 1.35 bits per heavy atom. The van der Waals surface area contributed by atoms with Crippen molar-refractivity contribution in [1.29, 1.82) is 0 Å². The van der Waals surface area contributed by atoms with Crippen molar-refractivity contribution in [2.75, 3.05) is 0 Å². The molecule has 1 heterocycles. The summed E-state index contributed by atoms with van der Waals surface area (Å²) >= 11 is 0. The first-order valence-electron chi connectivity index (χ1n) is 7.09. The van der Waals surface area contributed by atoms with Gasteiger partial charge < -0.3 is 4.98 Å². The van der Waals surface area contributed by atoms with Crippen molar-refractivity contribution < 1.29 is 4.92 Å². The third-order valence-corrected chi connectivity index (χ3v) is 4.25. The minimum absolute atomic E-state index is 0.406. The second kappa shape index (κ2) is 5.12. The van der Waals surface area contributed by atoms with E-state index >= 15 is 0 Å². The molecule has 3 rings (SSSR count). The third kappa shape index (κ3) is 2.22. The highest BCUT2D eigenvalue weighted by molar-refractivity contribution is 5.93. The first-order valence-corrected chi connectivity index (χ1v) is 7.09. The minimum Gasteiger partial charge on any atom is -0.358 e. The molecule has 0 saturated heterocycles. The lowest BCUT2D eigenvalue weighted by molar-refractivity contribution is -0.400. The number of aryl methyl sites for hydroxylation is 1. The van der Waals surface area contributed by atoms with Gasteiger partial charge in [0.05, 0.1) is 4.92 Å². The van der Waals surface area contributed by atoms with Gasteiger partial charge in [-0.2, -0.15) is 0 Å². The van der Waals surface area contributed by atoms with E-state index < -0.39 is 4.92 Å². The van der Waals surface area contributed by atoms with Crippen molar-refractivity contribution in [3.05, 3.63) is 51.3 Å². The second-order valence-electron chi connectivity index (χ2n) is 5.52. The van der Waals surface area contributed by atoms with Crippen molar-refractivity contribution in [1.82, 2.24) is 4.98 Å². The number of H-pyrrole nitrogens is 1. The van der Waals surface area contributed by atoms with E-state index in [1.54, 1.807) is 6.08 Å². The molecule has 20 heavy (non-hydrogen) atoms. The summed E-state index contributed by atoms with van der Waals surface area (Å²) in [6.07, 6.45) is 7.66. The first kappa shape index (κ1) is 12.9. The summed E-state index contributed by atoms with van der Waals surface area (Å²) in [6.45, 7) is 1.97. The molecule has 1 aliphatic carbocycles. The fraction of sp³-hybridized carbons (Fsp3) is 0.375. The number of nitro groups is 1. The number of rotatable bonds is 3. The molecule has 104 valence electrons. The summed E-state index contributed by atoms with van der Waals surface area (Å²) in [4.78, 5) is 13.5. The maximum absolute atomic E-state index is 10.6. The Bertz CT molecular complexity index is 679. The van der Waals surface area contributed by atoms with E-state index in [0.29, 0.717) is 5.92 Å². The molecule has 0 aliphatic heterocycles. The van der Waals surface area contributed by atoms with Gasteiger partial charge in [-0.3, -0.25) is 10.1 Å². The van der Waals surface area contributed by atoms with Gasteiger partial charge in [0, 0.05) is 28.2 Å². The Morgan fingerprint density at radius 3 is 2.80 bits per heavy atom. The summed E-state index contributed by atoms with van der Waals surface area (Å²) in [5.41, 5.74) is 4.37. The second-order valence-corrected chi connectivity index (χ2v) is 5.52. The summed E-state index contributed by atoms with van der Waals surface area (Å²) in [7, 11) is 0. The topological polar surface area (TPSA) is 58.9 Å². The maximum atomic E-state index is 10.6. The van der Waals surface area contributed by atoms with Gasteiger partial charge in [-0.05, 0) is 37.3 Å². The third-order valence-electron chi connectivity index (χ3n) is 4.25. The minimum atomic E-state index is -0.406. The lowest BCUT2D eigenvalue weighted by atomic mass is 9.92. The van der Waals surface area contributed by atoms with Crippen LogP contribution in [0.2, 0.25) is 0 Å². The Balaban J connectivity index is 2.17. The molecule has 0 spiro atoms. The fourth-order valence-corrected chi connectivity index (χ4v) is 3.35. The van der Waals surface area contributed by atoms with Crippen molar-refractivity contribution in [2.24, 2.45) is 0 Å². The molecule has 1 aromatic carbocycles. The average molecular weight is 270 g/mol. The molecule has 1 aromatic heterocycles. The molecule has 1 saturated carbocycles. The van der Waals surface area contributed by atoms with E-state index in [2.05, 4.69) is 17.1 Å². The van der Waals surface area contributed by atoms with Gasteiger partial charge in [-0.15, -0.1) is 0 Å². The van der Waals surface area contributed by atoms with Gasteiger partial charge in [0.2, 0.25) is 6.20 Å². The molecule has 0 radical (unpaired) electrons. The fourth-order valence-electron chi connectivity index (χ4n) is 3.35. The highest BCUT2D eigenvalue weighted by Crippen LogP contribution is 2.39. The normalized spacial score (nSPS) is 16.4. The maximum Gasteiger partial charge on any atom is 0.235 e. The molecule has 2 aromatic rings. The van der Waals surface area contributed by atoms with Crippen LogP contribution in [0, 0.1) is 17.0 Å². The predicted octanol–water partition coefficient (Wildman–Crippen LogP) is 4.38. The zero-order valence-corrected chi connectivity index (χ0v) is 11.6. The smallest absolute Gasteiger partial charge is 0.235 e. The van der Waals surface area contributed by atoms with E-state index in [-0.39, 0.29) is 0 Å². The van der Waals surface area contributed by atoms with E-state index in [4.69, 9.17) is 0 Å². The zero-order chi connectivity index (χ0) is 14.1. The Kier molecular flexibility index (Phi) is 3.30. The van der Waals surface area contributed by atoms with Crippen molar-refractivity contribution in [3.63, 3.8) is 0 Å². The Hall–Kier alpha value is -2.10. The van der Waals surface area contributed by atoms with Crippen LogP contribution in [0.4, 0.5) is 0 Å². The number of fused-ring (bicyclic) bond motifs is 1. The quantitative estimate of drug-likeness (QED) is 0.664. The molecule has 0 unspecified atom stereocenters. The molecule has 4 nitrogen and oxygen atoms in total. The lowest BCUT2D eigenvalue weighted by Crippen LogP contribution is -1.93. The molecule has 1 N–H and O–H groups in total. The van der Waals surface area contributed by atoms with Crippen LogP contribution in [-0.4, -0.2) is 9.91 Å². The molecular weight excluding hydrogens is 252 g/mol. The summed E-state index contributed by atoms with van der Waals surface area (Å²) in [5, 5.41) is 11.8. The van der Waals surface area contributed by atoms with Crippen LogP contribution in [0.15, 0.2) is 24.4 Å². The van der Waals surface area contributed by atoms with Crippen molar-refractivity contribution in [2.45, 2.75) is 38.5 Å². The number of hydrogen-bond donors (Lipinski definition) is 1. The first-order chi connectivity index (χ1) is 9.66.